The number of carbonyl (C=O) groups is 1. The summed E-state index contributed by atoms with van der Waals surface area (Å²) in [6.07, 6.45) is 2.45. The lowest BCUT2D eigenvalue weighted by molar-refractivity contribution is -0.116. The van der Waals surface area contributed by atoms with Crippen LogP contribution in [-0.2, 0) is 4.79 Å². The second kappa shape index (κ2) is 11.3. The highest BCUT2D eigenvalue weighted by Gasteiger charge is 2.06. The van der Waals surface area contributed by atoms with Gasteiger partial charge in [-0.15, -0.1) is 0 Å². The molecular weight excluding hydrogens is 376 g/mol. The summed E-state index contributed by atoms with van der Waals surface area (Å²) in [5, 5.41) is 9.29. The van der Waals surface area contributed by atoms with E-state index in [2.05, 4.69) is 43.1 Å². The standard InChI is InChI=1S/C16H25BrN4OS/c1-4-18-16(20-9-10-23-3)19-8-7-15(22)21-14-11-13(17)6-5-12(14)2/h5-6,11H,4,7-10H2,1-3H3,(H,21,22)(H2,18,19,20). The average Bonchev–Trinajstić information content (AvgIpc) is 2.51. The monoisotopic (exact) mass is 400 g/mol. The zero-order valence-electron chi connectivity index (χ0n) is 13.9. The number of amides is 1. The molecule has 0 saturated heterocycles. The van der Waals surface area contributed by atoms with Crippen molar-refractivity contribution in [2.45, 2.75) is 20.3 Å². The molecule has 0 radical (unpaired) electrons. The lowest BCUT2D eigenvalue weighted by atomic mass is 10.2. The lowest BCUT2D eigenvalue weighted by Gasteiger charge is -2.12. The largest absolute Gasteiger partial charge is 0.357 e. The Balaban J connectivity index is 2.42. The fraction of sp³-hybridized carbons (Fsp3) is 0.500. The minimum Gasteiger partial charge on any atom is -0.357 e. The van der Waals surface area contributed by atoms with Gasteiger partial charge in [0.1, 0.15) is 0 Å². The van der Waals surface area contributed by atoms with E-state index in [1.54, 1.807) is 11.8 Å². The van der Waals surface area contributed by atoms with E-state index in [0.29, 0.717) is 13.0 Å². The zero-order chi connectivity index (χ0) is 17.1. The molecule has 0 bridgehead atoms. The van der Waals surface area contributed by atoms with Gasteiger partial charge in [-0.05, 0) is 37.8 Å². The van der Waals surface area contributed by atoms with Gasteiger partial charge < -0.3 is 16.0 Å². The molecule has 1 aromatic rings. The second-order valence-electron chi connectivity index (χ2n) is 4.94. The van der Waals surface area contributed by atoms with Crippen molar-refractivity contribution in [1.29, 1.82) is 0 Å². The van der Waals surface area contributed by atoms with E-state index in [4.69, 9.17) is 0 Å². The molecule has 128 valence electrons. The van der Waals surface area contributed by atoms with Crippen LogP contribution >= 0.6 is 27.7 Å². The quantitative estimate of drug-likeness (QED) is 0.356. The number of carbonyl (C=O) groups excluding carboxylic acids is 1. The summed E-state index contributed by atoms with van der Waals surface area (Å²) in [4.78, 5) is 16.5. The van der Waals surface area contributed by atoms with Crippen molar-refractivity contribution in [3.63, 3.8) is 0 Å². The average molecular weight is 401 g/mol. The van der Waals surface area contributed by atoms with E-state index < -0.39 is 0 Å². The van der Waals surface area contributed by atoms with Gasteiger partial charge in [0.25, 0.3) is 0 Å². The fourth-order valence-electron chi connectivity index (χ4n) is 1.83. The molecule has 23 heavy (non-hydrogen) atoms. The Labute approximate surface area is 151 Å². The maximum absolute atomic E-state index is 12.0. The molecule has 5 nitrogen and oxygen atoms in total. The van der Waals surface area contributed by atoms with Gasteiger partial charge in [0.2, 0.25) is 5.91 Å². The maximum Gasteiger partial charge on any atom is 0.226 e. The van der Waals surface area contributed by atoms with E-state index in [0.717, 1.165) is 40.5 Å². The smallest absolute Gasteiger partial charge is 0.226 e. The predicted molar refractivity (Wildman–Crippen MR) is 104 cm³/mol. The molecule has 7 heteroatoms. The first kappa shape index (κ1) is 19.8. The highest BCUT2D eigenvalue weighted by Crippen LogP contribution is 2.20. The fourth-order valence-corrected chi connectivity index (χ4v) is 2.46. The normalized spacial score (nSPS) is 11.2. The number of hydrogen-bond donors (Lipinski definition) is 3. The van der Waals surface area contributed by atoms with Crippen LogP contribution in [0, 0.1) is 6.92 Å². The SMILES string of the molecule is CCNC(=NCCSC)NCCC(=O)Nc1cc(Br)ccc1C. The predicted octanol–water partition coefficient (Wildman–Crippen LogP) is 3.00. The Morgan fingerprint density at radius 3 is 2.83 bits per heavy atom. The summed E-state index contributed by atoms with van der Waals surface area (Å²) >= 11 is 5.18. The lowest BCUT2D eigenvalue weighted by Crippen LogP contribution is -2.38. The summed E-state index contributed by atoms with van der Waals surface area (Å²) in [6.45, 7) is 6.11. The Hall–Kier alpha value is -1.21. The molecule has 0 aliphatic carbocycles. The van der Waals surface area contributed by atoms with Gasteiger partial charge in [0.15, 0.2) is 5.96 Å². The molecule has 0 aromatic heterocycles. The molecular formula is C16H25BrN4OS. The first-order chi connectivity index (χ1) is 11.1. The molecule has 0 fully saturated rings. The van der Waals surface area contributed by atoms with E-state index >= 15 is 0 Å². The van der Waals surface area contributed by atoms with Crippen LogP contribution in [0.25, 0.3) is 0 Å². The Morgan fingerprint density at radius 1 is 1.35 bits per heavy atom. The zero-order valence-corrected chi connectivity index (χ0v) is 16.3. The molecule has 0 aliphatic heterocycles. The molecule has 1 amide bonds. The summed E-state index contributed by atoms with van der Waals surface area (Å²) in [7, 11) is 0. The van der Waals surface area contributed by atoms with Gasteiger partial charge in [-0.2, -0.15) is 11.8 Å². The number of nitrogens with one attached hydrogen (secondary N) is 3. The van der Waals surface area contributed by atoms with Crippen molar-refractivity contribution < 1.29 is 4.79 Å². The highest BCUT2D eigenvalue weighted by molar-refractivity contribution is 9.10. The molecule has 0 spiro atoms. The van der Waals surface area contributed by atoms with Gasteiger partial charge in [-0.1, -0.05) is 22.0 Å². The molecule has 0 aliphatic rings. The summed E-state index contributed by atoms with van der Waals surface area (Å²) < 4.78 is 0.951. The van der Waals surface area contributed by atoms with Crippen LogP contribution in [0.15, 0.2) is 27.7 Å². The number of rotatable bonds is 8. The van der Waals surface area contributed by atoms with Crippen molar-refractivity contribution in [2.75, 3.05) is 37.0 Å². The van der Waals surface area contributed by atoms with E-state index in [9.17, 15) is 4.79 Å². The van der Waals surface area contributed by atoms with Crippen molar-refractivity contribution >= 4 is 45.2 Å². The Morgan fingerprint density at radius 2 is 2.13 bits per heavy atom. The minimum atomic E-state index is -0.0151. The van der Waals surface area contributed by atoms with Crippen molar-refractivity contribution in [3.05, 3.63) is 28.2 Å². The number of benzene rings is 1. The van der Waals surface area contributed by atoms with Crippen LogP contribution in [-0.4, -0.2) is 43.5 Å². The van der Waals surface area contributed by atoms with Crippen LogP contribution in [0.4, 0.5) is 5.69 Å². The number of hydrogen-bond acceptors (Lipinski definition) is 3. The van der Waals surface area contributed by atoms with Crippen LogP contribution < -0.4 is 16.0 Å². The van der Waals surface area contributed by atoms with Crippen LogP contribution in [0.2, 0.25) is 0 Å². The van der Waals surface area contributed by atoms with Crippen LogP contribution in [0.1, 0.15) is 18.9 Å². The van der Waals surface area contributed by atoms with Crippen LogP contribution in [0.3, 0.4) is 0 Å². The van der Waals surface area contributed by atoms with Crippen molar-refractivity contribution in [1.82, 2.24) is 10.6 Å². The van der Waals surface area contributed by atoms with E-state index in [1.165, 1.54) is 0 Å². The Kier molecular flexibility index (Phi) is 9.78. The number of halogens is 1. The Bertz CT molecular complexity index is 537. The topological polar surface area (TPSA) is 65.5 Å². The summed E-state index contributed by atoms with van der Waals surface area (Å²) in [5.41, 5.74) is 1.88. The second-order valence-corrected chi connectivity index (χ2v) is 6.84. The minimum absolute atomic E-state index is 0.0151. The third-order valence-corrected chi connectivity index (χ3v) is 4.11. The summed E-state index contributed by atoms with van der Waals surface area (Å²) in [6, 6.07) is 5.84. The number of anilines is 1. The van der Waals surface area contributed by atoms with E-state index in [1.807, 2.05) is 32.0 Å². The molecule has 0 unspecified atom stereocenters. The third kappa shape index (κ3) is 8.27. The molecule has 3 N–H and O–H groups in total. The van der Waals surface area contributed by atoms with Gasteiger partial charge in [0.05, 0.1) is 6.54 Å². The van der Waals surface area contributed by atoms with Crippen molar-refractivity contribution in [2.24, 2.45) is 4.99 Å². The number of guanidine groups is 1. The van der Waals surface area contributed by atoms with Gasteiger partial charge in [0, 0.05) is 35.4 Å². The highest BCUT2D eigenvalue weighted by atomic mass is 79.9. The maximum atomic E-state index is 12.0. The number of aryl methyl sites for hydroxylation is 1. The van der Waals surface area contributed by atoms with Crippen molar-refractivity contribution in [3.8, 4) is 0 Å². The molecule has 1 aromatic carbocycles. The first-order valence-electron chi connectivity index (χ1n) is 7.64. The third-order valence-electron chi connectivity index (χ3n) is 3.03. The molecule has 1 rings (SSSR count). The molecule has 0 heterocycles. The van der Waals surface area contributed by atoms with E-state index in [-0.39, 0.29) is 5.91 Å². The summed E-state index contributed by atoms with van der Waals surface area (Å²) in [5.74, 6) is 1.73. The van der Waals surface area contributed by atoms with Gasteiger partial charge in [-0.3, -0.25) is 9.79 Å². The number of nitrogens with zero attached hydrogens (tertiary/aromatic N) is 1. The molecule has 0 saturated carbocycles. The van der Waals surface area contributed by atoms with Crippen LogP contribution in [0.5, 0.6) is 0 Å². The van der Waals surface area contributed by atoms with Gasteiger partial charge >= 0.3 is 0 Å². The molecule has 0 atom stereocenters. The number of thioether (sulfide) groups is 1. The van der Waals surface area contributed by atoms with Gasteiger partial charge in [-0.25, -0.2) is 0 Å². The number of aliphatic imine (C=N–C) groups is 1. The first-order valence-corrected chi connectivity index (χ1v) is 9.82.